The highest BCUT2D eigenvalue weighted by molar-refractivity contribution is 5.80. The summed E-state index contributed by atoms with van der Waals surface area (Å²) >= 11 is 0. The van der Waals surface area contributed by atoms with Gasteiger partial charge in [0.15, 0.2) is 0 Å². The summed E-state index contributed by atoms with van der Waals surface area (Å²) in [5.41, 5.74) is 1.08. The lowest BCUT2D eigenvalue weighted by atomic mass is 9.99. The molecular weight excluding hydrogens is 204 g/mol. The van der Waals surface area contributed by atoms with Crippen molar-refractivity contribution in [1.29, 1.82) is 0 Å². The van der Waals surface area contributed by atoms with Crippen LogP contribution in [-0.4, -0.2) is 59.6 Å². The first kappa shape index (κ1) is 13.2. The highest BCUT2D eigenvalue weighted by Gasteiger charge is 2.30. The topological polar surface area (TPSA) is 43.8 Å². The van der Waals surface area contributed by atoms with Gasteiger partial charge in [-0.3, -0.25) is 9.80 Å². The van der Waals surface area contributed by atoms with Gasteiger partial charge in [-0.25, -0.2) is 4.79 Å². The van der Waals surface area contributed by atoms with Crippen molar-refractivity contribution in [2.24, 2.45) is 0 Å². The van der Waals surface area contributed by atoms with Crippen LogP contribution in [0.1, 0.15) is 20.8 Å². The van der Waals surface area contributed by atoms with E-state index in [2.05, 4.69) is 30.7 Å². The molecule has 0 aliphatic carbocycles. The van der Waals surface area contributed by atoms with E-state index in [4.69, 9.17) is 5.11 Å². The van der Waals surface area contributed by atoms with Crippen molar-refractivity contribution in [3.8, 4) is 0 Å². The van der Waals surface area contributed by atoms with Crippen LogP contribution < -0.4 is 0 Å². The van der Waals surface area contributed by atoms with E-state index in [1.165, 1.54) is 6.08 Å². The summed E-state index contributed by atoms with van der Waals surface area (Å²) in [6.45, 7) is 10.1. The van der Waals surface area contributed by atoms with Crippen LogP contribution in [-0.2, 0) is 4.79 Å². The Labute approximate surface area is 97.5 Å². The van der Waals surface area contributed by atoms with Gasteiger partial charge in [0.05, 0.1) is 0 Å². The van der Waals surface area contributed by atoms with Gasteiger partial charge in [0.2, 0.25) is 0 Å². The van der Waals surface area contributed by atoms with Gasteiger partial charge < -0.3 is 5.11 Å². The molecule has 0 aromatic rings. The second kappa shape index (κ2) is 4.97. The molecule has 4 heteroatoms. The number of piperazine rings is 1. The molecule has 0 aromatic carbocycles. The molecule has 0 radical (unpaired) electrons. The van der Waals surface area contributed by atoms with Crippen LogP contribution in [0.3, 0.4) is 0 Å². The monoisotopic (exact) mass is 226 g/mol. The highest BCUT2D eigenvalue weighted by atomic mass is 16.4. The van der Waals surface area contributed by atoms with E-state index >= 15 is 0 Å². The van der Waals surface area contributed by atoms with Crippen LogP contribution in [0.2, 0.25) is 0 Å². The van der Waals surface area contributed by atoms with Crippen molar-refractivity contribution in [3.05, 3.63) is 11.6 Å². The quantitative estimate of drug-likeness (QED) is 0.730. The molecule has 0 saturated carbocycles. The number of carbonyl (C=O) groups is 1. The molecule has 0 unspecified atom stereocenters. The maximum atomic E-state index is 10.5. The zero-order valence-electron chi connectivity index (χ0n) is 10.7. The largest absolute Gasteiger partial charge is 0.478 e. The maximum absolute atomic E-state index is 10.5. The molecule has 1 N–H and O–H groups in total. The first-order chi connectivity index (χ1) is 7.31. The molecule has 0 aromatic heterocycles. The van der Waals surface area contributed by atoms with Crippen LogP contribution in [0, 0.1) is 0 Å². The Hall–Kier alpha value is -0.870. The lowest BCUT2D eigenvalue weighted by Crippen LogP contribution is -2.57. The van der Waals surface area contributed by atoms with Gasteiger partial charge >= 0.3 is 5.97 Å². The number of hydrogen-bond donors (Lipinski definition) is 1. The standard InChI is InChI=1S/C12H22N2O2/c1-10(7-11(15)16)8-14-6-5-13(4)12(2,3)9-14/h7H,5-6,8-9H2,1-4H3,(H,15,16). The average Bonchev–Trinajstić information content (AvgIpc) is 2.09. The van der Waals surface area contributed by atoms with Gasteiger partial charge in [0, 0.05) is 37.8 Å². The Morgan fingerprint density at radius 2 is 2.06 bits per heavy atom. The lowest BCUT2D eigenvalue weighted by Gasteiger charge is -2.45. The Morgan fingerprint density at radius 1 is 1.44 bits per heavy atom. The number of aliphatic carboxylic acids is 1. The number of likely N-dealkylation sites (N-methyl/N-ethyl adjacent to an activating group) is 1. The van der Waals surface area contributed by atoms with E-state index in [0.717, 1.165) is 31.8 Å². The molecule has 92 valence electrons. The number of rotatable bonds is 3. The third kappa shape index (κ3) is 3.61. The molecule has 0 bridgehead atoms. The minimum atomic E-state index is -0.856. The zero-order chi connectivity index (χ0) is 12.3. The predicted molar refractivity (Wildman–Crippen MR) is 64.5 cm³/mol. The maximum Gasteiger partial charge on any atom is 0.328 e. The van der Waals surface area contributed by atoms with Crippen molar-refractivity contribution in [2.75, 3.05) is 33.2 Å². The van der Waals surface area contributed by atoms with E-state index in [0.29, 0.717) is 0 Å². The van der Waals surface area contributed by atoms with Gasteiger partial charge in [0.25, 0.3) is 0 Å². The van der Waals surface area contributed by atoms with E-state index in [9.17, 15) is 4.79 Å². The SMILES string of the molecule is CC(=CC(=O)O)CN1CCN(C)C(C)(C)C1. The molecule has 1 aliphatic rings. The van der Waals surface area contributed by atoms with Gasteiger partial charge in [-0.05, 0) is 27.8 Å². The molecule has 4 nitrogen and oxygen atoms in total. The molecule has 16 heavy (non-hydrogen) atoms. The van der Waals surface area contributed by atoms with Crippen LogP contribution in [0.4, 0.5) is 0 Å². The first-order valence-electron chi connectivity index (χ1n) is 5.65. The fourth-order valence-corrected chi connectivity index (χ4v) is 2.09. The van der Waals surface area contributed by atoms with Crippen LogP contribution in [0.5, 0.6) is 0 Å². The highest BCUT2D eigenvalue weighted by Crippen LogP contribution is 2.19. The second-order valence-electron chi connectivity index (χ2n) is 5.27. The third-order valence-corrected chi connectivity index (χ3v) is 3.24. The first-order valence-corrected chi connectivity index (χ1v) is 5.65. The third-order valence-electron chi connectivity index (χ3n) is 3.24. The van der Waals surface area contributed by atoms with Gasteiger partial charge in [-0.15, -0.1) is 0 Å². The molecule has 1 rings (SSSR count). The van der Waals surface area contributed by atoms with Crippen molar-refractivity contribution in [1.82, 2.24) is 9.80 Å². The van der Waals surface area contributed by atoms with Crippen LogP contribution in [0.15, 0.2) is 11.6 Å². The number of carboxylic acids is 1. The minimum Gasteiger partial charge on any atom is -0.478 e. The van der Waals surface area contributed by atoms with E-state index in [-0.39, 0.29) is 5.54 Å². The zero-order valence-corrected chi connectivity index (χ0v) is 10.7. The van der Waals surface area contributed by atoms with E-state index in [1.807, 2.05) is 6.92 Å². The lowest BCUT2D eigenvalue weighted by molar-refractivity contribution is -0.131. The van der Waals surface area contributed by atoms with Crippen molar-refractivity contribution >= 4 is 5.97 Å². The van der Waals surface area contributed by atoms with Crippen LogP contribution in [0.25, 0.3) is 0 Å². The molecule has 1 aliphatic heterocycles. The smallest absolute Gasteiger partial charge is 0.328 e. The Bertz CT molecular complexity index is 297. The molecular formula is C12H22N2O2. The van der Waals surface area contributed by atoms with E-state index in [1.54, 1.807) is 0 Å². The second-order valence-corrected chi connectivity index (χ2v) is 5.27. The minimum absolute atomic E-state index is 0.168. The molecule has 1 saturated heterocycles. The Balaban J connectivity index is 2.55. The fourth-order valence-electron chi connectivity index (χ4n) is 2.09. The molecule has 0 amide bonds. The van der Waals surface area contributed by atoms with E-state index < -0.39 is 5.97 Å². The Kier molecular flexibility index (Phi) is 4.10. The summed E-state index contributed by atoms with van der Waals surface area (Å²) in [5.74, 6) is -0.856. The number of nitrogens with zero attached hydrogens (tertiary/aromatic N) is 2. The summed E-state index contributed by atoms with van der Waals surface area (Å²) in [6.07, 6.45) is 1.30. The summed E-state index contributed by atoms with van der Waals surface area (Å²) in [6, 6.07) is 0. The molecule has 1 heterocycles. The van der Waals surface area contributed by atoms with Crippen LogP contribution >= 0.6 is 0 Å². The summed E-state index contributed by atoms with van der Waals surface area (Å²) in [5, 5.41) is 8.65. The molecule has 0 atom stereocenters. The van der Waals surface area contributed by atoms with Gasteiger partial charge in [-0.2, -0.15) is 0 Å². The normalized spacial score (nSPS) is 23.4. The van der Waals surface area contributed by atoms with Crippen molar-refractivity contribution in [2.45, 2.75) is 26.3 Å². The van der Waals surface area contributed by atoms with Gasteiger partial charge in [0.1, 0.15) is 0 Å². The average molecular weight is 226 g/mol. The van der Waals surface area contributed by atoms with Gasteiger partial charge in [-0.1, -0.05) is 5.57 Å². The summed E-state index contributed by atoms with van der Waals surface area (Å²) in [7, 11) is 2.14. The molecule has 1 fully saturated rings. The van der Waals surface area contributed by atoms with Crippen molar-refractivity contribution < 1.29 is 9.90 Å². The Morgan fingerprint density at radius 3 is 2.56 bits per heavy atom. The summed E-state index contributed by atoms with van der Waals surface area (Å²) < 4.78 is 0. The predicted octanol–water partition coefficient (Wildman–Crippen LogP) is 1.04. The number of carboxylic acid groups (broad SMARTS) is 1. The van der Waals surface area contributed by atoms with Crippen molar-refractivity contribution in [3.63, 3.8) is 0 Å². The fraction of sp³-hybridized carbons (Fsp3) is 0.750. The number of hydrogen-bond acceptors (Lipinski definition) is 3. The molecule has 0 spiro atoms. The summed E-state index contributed by atoms with van der Waals surface area (Å²) in [4.78, 5) is 15.2.